The van der Waals surface area contributed by atoms with Gasteiger partial charge in [-0.15, -0.1) is 0 Å². The van der Waals surface area contributed by atoms with Crippen LogP contribution in [0.25, 0.3) is 11.0 Å². The van der Waals surface area contributed by atoms with Crippen molar-refractivity contribution in [2.45, 2.75) is 56.2 Å². The number of carbonyl (C=O) groups is 2. The van der Waals surface area contributed by atoms with Gasteiger partial charge >= 0.3 is 0 Å². The number of para-hydroxylation sites is 1. The summed E-state index contributed by atoms with van der Waals surface area (Å²) >= 11 is 6.08. The van der Waals surface area contributed by atoms with Crippen molar-refractivity contribution < 1.29 is 27.5 Å². The molecule has 11 heteroatoms. The number of nitrogens with zero attached hydrogens (tertiary/aromatic N) is 1. The molecule has 1 aliphatic heterocycles. The van der Waals surface area contributed by atoms with Crippen molar-refractivity contribution in [2.24, 2.45) is 5.92 Å². The molecule has 3 N–H and O–H groups in total. The Bertz CT molecular complexity index is 1370. The number of benzene rings is 2. The molecular formula is C27H32ClN3O6S. The number of carbonyl (C=O) groups excluding carboxylic acids is 2. The number of aliphatic hydroxyl groups is 1. The van der Waals surface area contributed by atoms with Crippen LogP contribution in [0.3, 0.4) is 0 Å². The first-order chi connectivity index (χ1) is 18.1. The van der Waals surface area contributed by atoms with E-state index in [2.05, 4.69) is 10.6 Å². The minimum atomic E-state index is -4.44. The van der Waals surface area contributed by atoms with Gasteiger partial charge in [0.1, 0.15) is 11.6 Å². The number of halogens is 1. The summed E-state index contributed by atoms with van der Waals surface area (Å²) in [5, 5.41) is 17.6. The minimum Gasteiger partial charge on any atom is -0.451 e. The highest BCUT2D eigenvalue weighted by molar-refractivity contribution is 7.89. The Balaban J connectivity index is 1.73. The average molecular weight is 562 g/mol. The smallest absolute Gasteiger partial charge is 0.287 e. The van der Waals surface area contributed by atoms with E-state index in [1.807, 2.05) is 19.9 Å². The first-order valence-corrected chi connectivity index (χ1v) is 14.4. The van der Waals surface area contributed by atoms with Crippen LogP contribution >= 0.6 is 11.6 Å². The van der Waals surface area contributed by atoms with Gasteiger partial charge in [0.2, 0.25) is 0 Å². The van der Waals surface area contributed by atoms with E-state index in [1.54, 1.807) is 24.3 Å². The van der Waals surface area contributed by atoms with Crippen LogP contribution in [-0.2, 0) is 14.8 Å². The predicted octanol–water partition coefficient (Wildman–Crippen LogP) is 3.56. The number of hydrogen-bond acceptors (Lipinski definition) is 7. The molecule has 1 saturated heterocycles. The monoisotopic (exact) mass is 561 g/mol. The highest BCUT2D eigenvalue weighted by Crippen LogP contribution is 2.28. The molecule has 0 aliphatic carbocycles. The van der Waals surface area contributed by atoms with Crippen molar-refractivity contribution in [3.05, 3.63) is 65.4 Å². The van der Waals surface area contributed by atoms with Crippen molar-refractivity contribution in [3.8, 4) is 0 Å². The Hall–Kier alpha value is -2.92. The van der Waals surface area contributed by atoms with Crippen molar-refractivity contribution in [1.29, 1.82) is 0 Å². The highest BCUT2D eigenvalue weighted by atomic mass is 35.5. The molecule has 3 atom stereocenters. The predicted molar refractivity (Wildman–Crippen MR) is 144 cm³/mol. The Morgan fingerprint density at radius 2 is 1.95 bits per heavy atom. The van der Waals surface area contributed by atoms with Crippen molar-refractivity contribution in [3.63, 3.8) is 0 Å². The number of amides is 2. The van der Waals surface area contributed by atoms with E-state index in [4.69, 9.17) is 16.0 Å². The van der Waals surface area contributed by atoms with Gasteiger partial charge in [0.15, 0.2) is 5.76 Å². The van der Waals surface area contributed by atoms with Crippen LogP contribution in [0, 0.1) is 5.92 Å². The number of hydrogen-bond donors (Lipinski definition) is 3. The van der Waals surface area contributed by atoms with Gasteiger partial charge in [0.05, 0.1) is 17.0 Å². The molecule has 4 rings (SSSR count). The van der Waals surface area contributed by atoms with Crippen molar-refractivity contribution in [1.82, 2.24) is 14.9 Å². The quantitative estimate of drug-likeness (QED) is 0.383. The molecule has 3 aromatic rings. The SMILES string of the molecule is CC(C)C[C@H](NC(=O)c1cc2ccccc2o1)C(=O)N(C1CCCNCC1O)S(=O)(=O)c1cccc(Cl)c1. The van der Waals surface area contributed by atoms with Crippen LogP contribution in [0.2, 0.25) is 5.02 Å². The lowest BCUT2D eigenvalue weighted by Gasteiger charge is -2.35. The van der Waals surface area contributed by atoms with Gasteiger partial charge in [-0.1, -0.05) is 49.7 Å². The molecule has 38 heavy (non-hydrogen) atoms. The first-order valence-electron chi connectivity index (χ1n) is 12.6. The maximum atomic E-state index is 14.1. The van der Waals surface area contributed by atoms with E-state index in [-0.39, 0.29) is 41.0 Å². The van der Waals surface area contributed by atoms with Gasteiger partial charge in [-0.05, 0) is 62.1 Å². The molecule has 9 nitrogen and oxygen atoms in total. The Kier molecular flexibility index (Phi) is 8.77. The van der Waals surface area contributed by atoms with Gasteiger partial charge in [-0.3, -0.25) is 9.59 Å². The molecule has 0 radical (unpaired) electrons. The second kappa shape index (κ2) is 11.9. The standard InChI is InChI=1S/C27H32ClN3O6S/c1-17(2)13-21(30-26(33)25-14-18-7-3-4-11-24(18)37-25)27(34)31(22-10-6-12-29-16-23(22)32)38(35,36)20-9-5-8-19(28)15-20/h3-5,7-9,11,14-15,17,21-23,29,32H,6,10,12-13,16H2,1-2H3,(H,30,33)/t21-,22?,23?/m0/s1. The van der Waals surface area contributed by atoms with Crippen LogP contribution in [0.1, 0.15) is 43.7 Å². The number of rotatable bonds is 8. The summed E-state index contributed by atoms with van der Waals surface area (Å²) in [7, 11) is -4.44. The molecule has 1 fully saturated rings. The van der Waals surface area contributed by atoms with E-state index < -0.39 is 40.0 Å². The largest absolute Gasteiger partial charge is 0.451 e. The number of aliphatic hydroxyl groups excluding tert-OH is 1. The second-order valence-electron chi connectivity index (χ2n) is 9.88. The molecule has 0 spiro atoms. The lowest BCUT2D eigenvalue weighted by Crippen LogP contribution is -2.57. The molecular weight excluding hydrogens is 530 g/mol. The van der Waals surface area contributed by atoms with Gasteiger partial charge in [0.25, 0.3) is 21.8 Å². The Labute approximate surface area is 227 Å². The number of β-amino-alcohol motifs (C(OH)–C–C–N with tert-alkyl or cyclic N) is 1. The molecule has 2 heterocycles. The number of furan rings is 1. The van der Waals surface area contributed by atoms with Gasteiger partial charge in [-0.25, -0.2) is 12.7 Å². The fourth-order valence-corrected chi connectivity index (χ4v) is 6.63. The second-order valence-corrected chi connectivity index (χ2v) is 12.1. The van der Waals surface area contributed by atoms with E-state index in [0.29, 0.717) is 18.5 Å². The minimum absolute atomic E-state index is 0.00991. The third-order valence-corrected chi connectivity index (χ3v) is 8.54. The molecule has 204 valence electrons. The van der Waals surface area contributed by atoms with Crippen LogP contribution in [0.4, 0.5) is 0 Å². The van der Waals surface area contributed by atoms with E-state index in [1.165, 1.54) is 24.3 Å². The number of nitrogens with one attached hydrogen (secondary N) is 2. The molecule has 2 amide bonds. The normalized spacial score (nSPS) is 19.2. The van der Waals surface area contributed by atoms with Gasteiger partial charge in [-0.2, -0.15) is 0 Å². The lowest BCUT2D eigenvalue weighted by molar-refractivity contribution is -0.132. The zero-order chi connectivity index (χ0) is 27.4. The van der Waals surface area contributed by atoms with E-state index >= 15 is 0 Å². The Morgan fingerprint density at radius 3 is 2.66 bits per heavy atom. The van der Waals surface area contributed by atoms with Crippen molar-refractivity contribution in [2.75, 3.05) is 13.1 Å². The molecule has 2 unspecified atom stereocenters. The molecule has 1 aromatic heterocycles. The fourth-order valence-electron chi connectivity index (χ4n) is 4.66. The highest BCUT2D eigenvalue weighted by Gasteiger charge is 2.43. The Morgan fingerprint density at radius 1 is 1.18 bits per heavy atom. The van der Waals surface area contributed by atoms with E-state index in [0.717, 1.165) is 9.69 Å². The van der Waals surface area contributed by atoms with E-state index in [9.17, 15) is 23.1 Å². The van der Waals surface area contributed by atoms with Crippen LogP contribution in [0.15, 0.2) is 63.9 Å². The summed E-state index contributed by atoms with van der Waals surface area (Å²) in [5.41, 5.74) is 0.517. The summed E-state index contributed by atoms with van der Waals surface area (Å²) in [6.45, 7) is 4.44. The third kappa shape index (κ3) is 6.20. The van der Waals surface area contributed by atoms with Crippen molar-refractivity contribution >= 4 is 44.4 Å². The maximum absolute atomic E-state index is 14.1. The summed E-state index contributed by atoms with van der Waals surface area (Å²) in [6.07, 6.45) is -0.156. The number of fused-ring (bicyclic) bond motifs is 1. The lowest BCUT2D eigenvalue weighted by atomic mass is 10.0. The van der Waals surface area contributed by atoms with Crippen LogP contribution in [-0.4, -0.2) is 60.9 Å². The number of sulfonamides is 1. The van der Waals surface area contributed by atoms with Gasteiger partial charge in [0, 0.05) is 17.0 Å². The summed E-state index contributed by atoms with van der Waals surface area (Å²) < 4.78 is 34.3. The fraction of sp³-hybridized carbons (Fsp3) is 0.407. The van der Waals surface area contributed by atoms with Crippen LogP contribution < -0.4 is 10.6 Å². The molecule has 0 bridgehead atoms. The molecule has 0 saturated carbocycles. The summed E-state index contributed by atoms with van der Waals surface area (Å²) in [6, 6.07) is 12.1. The summed E-state index contributed by atoms with van der Waals surface area (Å²) in [5.74, 6) is -1.51. The average Bonchev–Trinajstić information content (AvgIpc) is 3.20. The summed E-state index contributed by atoms with van der Waals surface area (Å²) in [4.78, 5) is 27.1. The zero-order valence-corrected chi connectivity index (χ0v) is 22.8. The zero-order valence-electron chi connectivity index (χ0n) is 21.3. The molecule has 2 aromatic carbocycles. The topological polar surface area (TPSA) is 129 Å². The maximum Gasteiger partial charge on any atom is 0.287 e. The first kappa shape index (κ1) is 28.1. The van der Waals surface area contributed by atoms with Gasteiger partial charge < -0.3 is 20.2 Å². The third-order valence-electron chi connectivity index (χ3n) is 6.48. The van der Waals surface area contributed by atoms with Crippen LogP contribution in [0.5, 0.6) is 0 Å². The molecule has 1 aliphatic rings.